The monoisotopic (exact) mass is 340 g/mol. The number of carbonyl (C=O) groups excluding carboxylic acids is 1. The average Bonchev–Trinajstić information content (AvgIpc) is 2.32. The van der Waals surface area contributed by atoms with Gasteiger partial charge in [-0.25, -0.2) is 0 Å². The molecule has 0 unspecified atom stereocenters. The maximum atomic E-state index is 12.1. The van der Waals surface area contributed by atoms with E-state index in [0.717, 1.165) is 4.47 Å². The number of nitrogens with two attached hydrogens (primary N) is 1. The highest BCUT2D eigenvalue weighted by atomic mass is 79.9. The third kappa shape index (κ3) is 3.19. The first-order chi connectivity index (χ1) is 8.97. The smallest absolute Gasteiger partial charge is 0.257 e. The number of amides is 1. The van der Waals surface area contributed by atoms with Crippen molar-refractivity contribution in [3.63, 3.8) is 0 Å². The molecule has 0 aliphatic heterocycles. The lowest BCUT2D eigenvalue weighted by Gasteiger charge is -2.09. The number of hydrogen-bond acceptors (Lipinski definition) is 3. The van der Waals surface area contributed by atoms with Crippen LogP contribution < -0.4 is 11.1 Å². The number of halogens is 2. The molecule has 0 bridgehead atoms. The van der Waals surface area contributed by atoms with Gasteiger partial charge in [0, 0.05) is 10.5 Å². The van der Waals surface area contributed by atoms with Crippen LogP contribution in [0.4, 0.5) is 11.4 Å². The molecule has 0 aromatic heterocycles. The molecule has 0 saturated carbocycles. The van der Waals surface area contributed by atoms with E-state index in [0.29, 0.717) is 16.3 Å². The molecular formula is C13H10BrClN2O2. The van der Waals surface area contributed by atoms with Gasteiger partial charge in [-0.2, -0.15) is 0 Å². The Hall–Kier alpha value is -1.72. The Balaban J connectivity index is 2.25. The molecule has 2 aromatic carbocycles. The van der Waals surface area contributed by atoms with E-state index in [2.05, 4.69) is 21.2 Å². The van der Waals surface area contributed by atoms with E-state index in [4.69, 9.17) is 17.3 Å². The van der Waals surface area contributed by atoms with Crippen LogP contribution in [0.1, 0.15) is 10.4 Å². The summed E-state index contributed by atoms with van der Waals surface area (Å²) in [6.07, 6.45) is 0. The molecule has 0 spiro atoms. The van der Waals surface area contributed by atoms with Crippen LogP contribution in [0.5, 0.6) is 5.75 Å². The molecule has 19 heavy (non-hydrogen) atoms. The van der Waals surface area contributed by atoms with Crippen molar-refractivity contribution in [2.75, 3.05) is 11.1 Å². The van der Waals surface area contributed by atoms with Gasteiger partial charge in [0.15, 0.2) is 0 Å². The van der Waals surface area contributed by atoms with E-state index in [1.54, 1.807) is 18.2 Å². The fraction of sp³-hybridized carbons (Fsp3) is 0. The molecule has 98 valence electrons. The average molecular weight is 342 g/mol. The van der Waals surface area contributed by atoms with Crippen molar-refractivity contribution < 1.29 is 9.90 Å². The topological polar surface area (TPSA) is 75.3 Å². The molecule has 0 heterocycles. The van der Waals surface area contributed by atoms with Crippen LogP contribution in [0, 0.1) is 0 Å². The van der Waals surface area contributed by atoms with Crippen molar-refractivity contribution in [3.05, 3.63) is 51.5 Å². The summed E-state index contributed by atoms with van der Waals surface area (Å²) >= 11 is 9.26. The Kier molecular flexibility index (Phi) is 3.97. The van der Waals surface area contributed by atoms with Gasteiger partial charge in [0.1, 0.15) is 5.75 Å². The highest BCUT2D eigenvalue weighted by Crippen LogP contribution is 2.26. The first kappa shape index (κ1) is 13.7. The maximum absolute atomic E-state index is 12.1. The molecule has 0 atom stereocenters. The Labute approximate surface area is 123 Å². The number of carbonyl (C=O) groups is 1. The number of phenols is 1. The minimum Gasteiger partial charge on any atom is -0.508 e. The van der Waals surface area contributed by atoms with Crippen molar-refractivity contribution in [2.45, 2.75) is 0 Å². The SMILES string of the molecule is Nc1cc(O)ccc1NC(=O)c1ccc(Br)cc1Cl. The molecule has 4 nitrogen and oxygen atoms in total. The zero-order chi connectivity index (χ0) is 14.0. The maximum Gasteiger partial charge on any atom is 0.257 e. The second-order valence-electron chi connectivity index (χ2n) is 3.85. The fourth-order valence-corrected chi connectivity index (χ4v) is 2.29. The number of benzene rings is 2. The van der Waals surface area contributed by atoms with Crippen LogP contribution >= 0.6 is 27.5 Å². The van der Waals surface area contributed by atoms with Crippen molar-refractivity contribution >= 4 is 44.8 Å². The molecule has 4 N–H and O–H groups in total. The van der Waals surface area contributed by atoms with Crippen molar-refractivity contribution in [1.29, 1.82) is 0 Å². The number of aromatic hydroxyl groups is 1. The van der Waals surface area contributed by atoms with E-state index in [9.17, 15) is 9.90 Å². The molecule has 2 aromatic rings. The Morgan fingerprint density at radius 2 is 2.00 bits per heavy atom. The van der Waals surface area contributed by atoms with E-state index in [1.807, 2.05) is 0 Å². The quantitative estimate of drug-likeness (QED) is 0.576. The molecule has 0 aliphatic carbocycles. The Bertz CT molecular complexity index is 647. The predicted molar refractivity (Wildman–Crippen MR) is 79.6 cm³/mol. The lowest BCUT2D eigenvalue weighted by molar-refractivity contribution is 0.102. The summed E-state index contributed by atoms with van der Waals surface area (Å²) in [6.45, 7) is 0. The number of rotatable bonds is 2. The fourth-order valence-electron chi connectivity index (χ4n) is 1.53. The zero-order valence-corrected chi connectivity index (χ0v) is 12.0. The van der Waals surface area contributed by atoms with Crippen LogP contribution in [0.25, 0.3) is 0 Å². The highest BCUT2D eigenvalue weighted by Gasteiger charge is 2.12. The van der Waals surface area contributed by atoms with Crippen LogP contribution in [-0.4, -0.2) is 11.0 Å². The van der Waals surface area contributed by atoms with Gasteiger partial charge in [-0.3, -0.25) is 4.79 Å². The van der Waals surface area contributed by atoms with E-state index in [1.165, 1.54) is 18.2 Å². The Morgan fingerprint density at radius 3 is 2.63 bits per heavy atom. The number of nitrogens with one attached hydrogen (secondary N) is 1. The van der Waals surface area contributed by atoms with Crippen LogP contribution in [0.15, 0.2) is 40.9 Å². The predicted octanol–water partition coefficient (Wildman–Crippen LogP) is 3.64. The first-order valence-corrected chi connectivity index (χ1v) is 6.49. The normalized spacial score (nSPS) is 10.2. The lowest BCUT2D eigenvalue weighted by atomic mass is 10.2. The molecule has 0 saturated heterocycles. The highest BCUT2D eigenvalue weighted by molar-refractivity contribution is 9.10. The van der Waals surface area contributed by atoms with Gasteiger partial charge < -0.3 is 16.2 Å². The summed E-state index contributed by atoms with van der Waals surface area (Å²) in [7, 11) is 0. The van der Waals surface area contributed by atoms with Crippen molar-refractivity contribution in [2.24, 2.45) is 0 Å². The molecule has 6 heteroatoms. The standard InChI is InChI=1S/C13H10BrClN2O2/c14-7-1-3-9(10(15)5-7)13(19)17-12-4-2-8(18)6-11(12)16/h1-6,18H,16H2,(H,17,19). The van der Waals surface area contributed by atoms with Crippen LogP contribution in [-0.2, 0) is 0 Å². The molecule has 1 amide bonds. The van der Waals surface area contributed by atoms with Crippen molar-refractivity contribution in [3.8, 4) is 5.75 Å². The van der Waals surface area contributed by atoms with E-state index >= 15 is 0 Å². The van der Waals surface area contributed by atoms with Crippen molar-refractivity contribution in [1.82, 2.24) is 0 Å². The minimum absolute atomic E-state index is 0.0390. The largest absolute Gasteiger partial charge is 0.508 e. The number of anilines is 2. The van der Waals surface area contributed by atoms with Crippen LogP contribution in [0.2, 0.25) is 5.02 Å². The number of phenolic OH excluding ortho intramolecular Hbond substituents is 1. The summed E-state index contributed by atoms with van der Waals surface area (Å²) in [4.78, 5) is 12.1. The first-order valence-electron chi connectivity index (χ1n) is 5.32. The molecule has 0 aliphatic rings. The van der Waals surface area contributed by atoms with Gasteiger partial charge in [-0.1, -0.05) is 27.5 Å². The summed E-state index contributed by atoms with van der Waals surface area (Å²) < 4.78 is 0.790. The van der Waals surface area contributed by atoms with Gasteiger partial charge in [0.2, 0.25) is 0 Å². The summed E-state index contributed by atoms with van der Waals surface area (Å²) in [5.74, 6) is -0.327. The molecule has 2 rings (SSSR count). The van der Waals surface area contributed by atoms with Gasteiger partial charge in [0.05, 0.1) is 22.0 Å². The second-order valence-corrected chi connectivity index (χ2v) is 5.17. The van der Waals surface area contributed by atoms with Gasteiger partial charge in [-0.05, 0) is 30.3 Å². The molecular weight excluding hydrogens is 332 g/mol. The van der Waals surface area contributed by atoms with E-state index < -0.39 is 0 Å². The number of nitrogen functional groups attached to an aromatic ring is 1. The van der Waals surface area contributed by atoms with Gasteiger partial charge in [0.25, 0.3) is 5.91 Å². The van der Waals surface area contributed by atoms with Crippen LogP contribution in [0.3, 0.4) is 0 Å². The summed E-state index contributed by atoms with van der Waals surface area (Å²) in [5.41, 5.74) is 6.74. The Morgan fingerprint density at radius 1 is 1.26 bits per heavy atom. The molecule has 0 radical (unpaired) electrons. The molecule has 0 fully saturated rings. The number of hydrogen-bond donors (Lipinski definition) is 3. The lowest BCUT2D eigenvalue weighted by Crippen LogP contribution is -2.13. The van der Waals surface area contributed by atoms with Gasteiger partial charge >= 0.3 is 0 Å². The third-order valence-electron chi connectivity index (χ3n) is 2.46. The zero-order valence-electron chi connectivity index (χ0n) is 9.65. The summed E-state index contributed by atoms with van der Waals surface area (Å²) in [5, 5.41) is 12.2. The van der Waals surface area contributed by atoms with Gasteiger partial charge in [-0.15, -0.1) is 0 Å². The van der Waals surface area contributed by atoms with E-state index in [-0.39, 0.29) is 17.3 Å². The third-order valence-corrected chi connectivity index (χ3v) is 3.27. The minimum atomic E-state index is -0.366. The summed E-state index contributed by atoms with van der Waals surface area (Å²) in [6, 6.07) is 9.29. The second kappa shape index (κ2) is 5.50.